The molecular formula is C16H11BrClNO. The molecule has 4 heteroatoms. The number of pyridine rings is 1. The third-order valence-corrected chi connectivity index (χ3v) is 3.73. The zero-order valence-electron chi connectivity index (χ0n) is 10.5. The molecule has 0 aliphatic heterocycles. The predicted octanol–water partition coefficient (Wildman–Crippen LogP) is 5.23. The average Bonchev–Trinajstić information content (AvgIpc) is 2.48. The van der Waals surface area contributed by atoms with Crippen LogP contribution in [0.5, 0.6) is 5.75 Å². The molecule has 2 aromatic carbocycles. The summed E-state index contributed by atoms with van der Waals surface area (Å²) in [6.07, 6.45) is 0. The van der Waals surface area contributed by atoms with Gasteiger partial charge in [0.1, 0.15) is 12.4 Å². The van der Waals surface area contributed by atoms with Gasteiger partial charge in [-0.3, -0.25) is 0 Å². The van der Waals surface area contributed by atoms with Gasteiger partial charge in [-0.1, -0.05) is 51.8 Å². The first-order valence-electron chi connectivity index (χ1n) is 6.15. The van der Waals surface area contributed by atoms with Gasteiger partial charge < -0.3 is 4.74 Å². The van der Waals surface area contributed by atoms with Crippen LogP contribution in [-0.4, -0.2) is 4.98 Å². The van der Waals surface area contributed by atoms with Gasteiger partial charge in [0.25, 0.3) is 0 Å². The monoisotopic (exact) mass is 347 g/mol. The molecule has 1 heterocycles. The van der Waals surface area contributed by atoms with Crippen LogP contribution in [0, 0.1) is 0 Å². The van der Waals surface area contributed by atoms with Crippen molar-refractivity contribution in [3.63, 3.8) is 0 Å². The molecule has 0 aliphatic rings. The average molecular weight is 349 g/mol. The van der Waals surface area contributed by atoms with Gasteiger partial charge in [-0.05, 0) is 30.3 Å². The van der Waals surface area contributed by atoms with Crippen LogP contribution in [0.25, 0.3) is 10.9 Å². The van der Waals surface area contributed by atoms with Crippen molar-refractivity contribution in [1.82, 2.24) is 4.98 Å². The first kappa shape index (κ1) is 13.4. The van der Waals surface area contributed by atoms with E-state index in [0.717, 1.165) is 21.1 Å². The lowest BCUT2D eigenvalue weighted by molar-refractivity contribution is 0.302. The van der Waals surface area contributed by atoms with Crippen molar-refractivity contribution in [2.45, 2.75) is 6.61 Å². The topological polar surface area (TPSA) is 22.1 Å². The molecule has 0 spiro atoms. The van der Waals surface area contributed by atoms with Crippen LogP contribution in [0.4, 0.5) is 0 Å². The summed E-state index contributed by atoms with van der Waals surface area (Å²) >= 11 is 9.49. The fraction of sp³-hybridized carbons (Fsp3) is 0.0625. The van der Waals surface area contributed by atoms with Crippen LogP contribution in [0.15, 0.2) is 59.1 Å². The lowest BCUT2D eigenvalue weighted by Gasteiger charge is -2.08. The highest BCUT2D eigenvalue weighted by Crippen LogP contribution is 2.28. The zero-order chi connectivity index (χ0) is 13.9. The molecule has 0 saturated heterocycles. The van der Waals surface area contributed by atoms with E-state index in [2.05, 4.69) is 20.9 Å². The summed E-state index contributed by atoms with van der Waals surface area (Å²) < 4.78 is 6.66. The van der Waals surface area contributed by atoms with Gasteiger partial charge in [0, 0.05) is 9.86 Å². The van der Waals surface area contributed by atoms with Gasteiger partial charge >= 0.3 is 0 Å². The van der Waals surface area contributed by atoms with Crippen molar-refractivity contribution in [1.29, 1.82) is 0 Å². The van der Waals surface area contributed by atoms with Crippen LogP contribution >= 0.6 is 27.5 Å². The first-order valence-corrected chi connectivity index (χ1v) is 7.32. The van der Waals surface area contributed by atoms with Crippen molar-refractivity contribution >= 4 is 38.4 Å². The molecule has 3 rings (SSSR count). The number of aromatic nitrogens is 1. The van der Waals surface area contributed by atoms with Crippen molar-refractivity contribution in [2.24, 2.45) is 0 Å². The molecule has 0 saturated carbocycles. The highest BCUT2D eigenvalue weighted by molar-refractivity contribution is 9.10. The van der Waals surface area contributed by atoms with Gasteiger partial charge in [-0.25, -0.2) is 4.98 Å². The molecule has 2 nitrogen and oxygen atoms in total. The van der Waals surface area contributed by atoms with Crippen LogP contribution in [0.3, 0.4) is 0 Å². The number of nitrogens with zero attached hydrogens (tertiary/aromatic N) is 1. The molecule has 0 atom stereocenters. The van der Waals surface area contributed by atoms with Gasteiger partial charge in [-0.15, -0.1) is 0 Å². The van der Waals surface area contributed by atoms with E-state index in [1.165, 1.54) is 0 Å². The quantitative estimate of drug-likeness (QED) is 0.646. The van der Waals surface area contributed by atoms with Crippen LogP contribution in [0.1, 0.15) is 5.69 Å². The molecule has 0 bridgehead atoms. The molecular weight excluding hydrogens is 338 g/mol. The second-order valence-corrected chi connectivity index (χ2v) is 5.68. The van der Waals surface area contributed by atoms with E-state index < -0.39 is 0 Å². The SMILES string of the molecule is Clc1ccc(Br)cc1OCc1ccc2ccccc2n1. The van der Waals surface area contributed by atoms with E-state index in [4.69, 9.17) is 16.3 Å². The Morgan fingerprint density at radius 3 is 2.80 bits per heavy atom. The van der Waals surface area contributed by atoms with Gasteiger partial charge in [0.05, 0.1) is 16.2 Å². The summed E-state index contributed by atoms with van der Waals surface area (Å²) in [4.78, 5) is 4.56. The number of para-hydroxylation sites is 1. The number of hydrogen-bond donors (Lipinski definition) is 0. The minimum absolute atomic E-state index is 0.390. The smallest absolute Gasteiger partial charge is 0.139 e. The van der Waals surface area contributed by atoms with Crippen molar-refractivity contribution in [3.8, 4) is 5.75 Å². The minimum Gasteiger partial charge on any atom is -0.486 e. The molecule has 20 heavy (non-hydrogen) atoms. The Kier molecular flexibility index (Phi) is 3.90. The van der Waals surface area contributed by atoms with Crippen molar-refractivity contribution in [3.05, 3.63) is 69.8 Å². The van der Waals surface area contributed by atoms with Gasteiger partial charge in [0.15, 0.2) is 0 Å². The predicted molar refractivity (Wildman–Crippen MR) is 85.2 cm³/mol. The fourth-order valence-electron chi connectivity index (χ4n) is 1.93. The molecule has 0 fully saturated rings. The van der Waals surface area contributed by atoms with E-state index >= 15 is 0 Å². The van der Waals surface area contributed by atoms with Gasteiger partial charge in [0.2, 0.25) is 0 Å². The van der Waals surface area contributed by atoms with E-state index in [1.807, 2.05) is 48.5 Å². The second-order valence-electron chi connectivity index (χ2n) is 4.36. The molecule has 0 aliphatic carbocycles. The fourth-order valence-corrected chi connectivity index (χ4v) is 2.44. The Morgan fingerprint density at radius 2 is 1.90 bits per heavy atom. The van der Waals surface area contributed by atoms with E-state index in [0.29, 0.717) is 17.4 Å². The van der Waals surface area contributed by atoms with E-state index in [-0.39, 0.29) is 0 Å². The van der Waals surface area contributed by atoms with Gasteiger partial charge in [-0.2, -0.15) is 0 Å². The van der Waals surface area contributed by atoms with Crippen molar-refractivity contribution in [2.75, 3.05) is 0 Å². The van der Waals surface area contributed by atoms with E-state index in [1.54, 1.807) is 6.07 Å². The highest BCUT2D eigenvalue weighted by Gasteiger charge is 2.04. The number of rotatable bonds is 3. The summed E-state index contributed by atoms with van der Waals surface area (Å²) in [6.45, 7) is 0.390. The first-order chi connectivity index (χ1) is 9.72. The minimum atomic E-state index is 0.390. The summed E-state index contributed by atoms with van der Waals surface area (Å²) in [7, 11) is 0. The molecule has 0 amide bonds. The zero-order valence-corrected chi connectivity index (χ0v) is 12.9. The molecule has 1 aromatic heterocycles. The Bertz CT molecular complexity index is 760. The maximum atomic E-state index is 6.09. The number of hydrogen-bond acceptors (Lipinski definition) is 2. The third kappa shape index (κ3) is 2.94. The van der Waals surface area contributed by atoms with E-state index in [9.17, 15) is 0 Å². The molecule has 0 radical (unpaired) electrons. The maximum absolute atomic E-state index is 6.09. The lowest BCUT2D eigenvalue weighted by atomic mass is 10.2. The summed E-state index contributed by atoms with van der Waals surface area (Å²) in [5.74, 6) is 0.649. The molecule has 0 unspecified atom stereocenters. The largest absolute Gasteiger partial charge is 0.486 e. The summed E-state index contributed by atoms with van der Waals surface area (Å²) in [5, 5.41) is 1.71. The number of benzene rings is 2. The van der Waals surface area contributed by atoms with Crippen LogP contribution in [0.2, 0.25) is 5.02 Å². The Hall–Kier alpha value is -1.58. The molecule has 3 aromatic rings. The number of ether oxygens (including phenoxy) is 1. The molecule has 100 valence electrons. The summed E-state index contributed by atoms with van der Waals surface area (Å²) in [5.41, 5.74) is 1.84. The third-order valence-electron chi connectivity index (χ3n) is 2.92. The lowest BCUT2D eigenvalue weighted by Crippen LogP contribution is -1.98. The summed E-state index contributed by atoms with van der Waals surface area (Å²) in [6, 6.07) is 17.6. The molecule has 0 N–H and O–H groups in total. The standard InChI is InChI=1S/C16H11BrClNO/c17-12-6-8-14(18)16(9-12)20-10-13-7-5-11-3-1-2-4-15(11)19-13/h1-9H,10H2. The highest BCUT2D eigenvalue weighted by atomic mass is 79.9. The van der Waals surface area contributed by atoms with Crippen LogP contribution in [-0.2, 0) is 6.61 Å². The Labute approximate surface area is 130 Å². The number of halogens is 2. The Morgan fingerprint density at radius 1 is 1.05 bits per heavy atom. The van der Waals surface area contributed by atoms with Crippen molar-refractivity contribution < 1.29 is 4.74 Å². The number of fused-ring (bicyclic) bond motifs is 1. The Balaban J connectivity index is 1.81. The maximum Gasteiger partial charge on any atom is 0.139 e. The normalized spacial score (nSPS) is 10.7. The second kappa shape index (κ2) is 5.81. The van der Waals surface area contributed by atoms with Crippen LogP contribution < -0.4 is 4.74 Å².